The molecule has 0 bridgehead atoms. The molecule has 6 heteroatoms. The topological polar surface area (TPSA) is 77.4 Å². The van der Waals surface area contributed by atoms with Crippen molar-refractivity contribution in [1.82, 2.24) is 0 Å². The first kappa shape index (κ1) is 26.1. The smallest absolute Gasteiger partial charge is 0.124 e. The van der Waals surface area contributed by atoms with Gasteiger partial charge in [-0.1, -0.05) is 50.3 Å². The first-order chi connectivity index (χ1) is 12.6. The Labute approximate surface area is 166 Å². The molecule has 0 aliphatic heterocycles. The summed E-state index contributed by atoms with van der Waals surface area (Å²) in [6.07, 6.45) is 10.4. The van der Waals surface area contributed by atoms with Crippen LogP contribution >= 0.6 is 0 Å². The van der Waals surface area contributed by atoms with Crippen LogP contribution in [-0.2, 0) is 10.1 Å². The summed E-state index contributed by atoms with van der Waals surface area (Å²) in [6.45, 7) is 6.92. The van der Waals surface area contributed by atoms with E-state index in [4.69, 9.17) is 5.11 Å². The van der Waals surface area contributed by atoms with E-state index in [0.717, 1.165) is 22.9 Å². The second kappa shape index (κ2) is 14.1. The summed E-state index contributed by atoms with van der Waals surface area (Å²) in [5, 5.41) is 8.75. The molecule has 0 fully saturated rings. The van der Waals surface area contributed by atoms with Crippen LogP contribution in [0, 0.1) is 6.92 Å². The van der Waals surface area contributed by atoms with Crippen LogP contribution < -0.4 is 0 Å². The van der Waals surface area contributed by atoms with Crippen LogP contribution in [0.15, 0.2) is 29.2 Å². The largest absolute Gasteiger partial charge is 0.744 e. The lowest BCUT2D eigenvalue weighted by atomic mass is 10.1. The molecule has 0 saturated heterocycles. The number of rotatable bonds is 12. The number of quaternary nitrogens is 1. The van der Waals surface area contributed by atoms with Crippen molar-refractivity contribution in [2.24, 2.45) is 0 Å². The lowest BCUT2D eigenvalue weighted by Gasteiger charge is -2.29. The van der Waals surface area contributed by atoms with E-state index in [1.807, 2.05) is 6.92 Å². The second-order valence-electron chi connectivity index (χ2n) is 7.85. The molecule has 0 aliphatic carbocycles. The third-order valence-corrected chi connectivity index (χ3v) is 5.45. The van der Waals surface area contributed by atoms with Crippen molar-refractivity contribution in [3.05, 3.63) is 29.8 Å². The highest BCUT2D eigenvalue weighted by molar-refractivity contribution is 7.85. The van der Waals surface area contributed by atoms with Crippen LogP contribution in [-0.4, -0.2) is 56.4 Å². The number of aryl methyl sites for hydroxylation is 1. The van der Waals surface area contributed by atoms with E-state index >= 15 is 0 Å². The third kappa shape index (κ3) is 14.7. The van der Waals surface area contributed by atoms with Gasteiger partial charge in [0.15, 0.2) is 0 Å². The highest BCUT2D eigenvalue weighted by Crippen LogP contribution is 2.09. The molecule has 0 saturated carbocycles. The molecular weight excluding hydrogens is 362 g/mol. The minimum atomic E-state index is -4.27. The molecule has 0 aliphatic rings. The molecule has 0 radical (unpaired) electrons. The van der Waals surface area contributed by atoms with Crippen molar-refractivity contribution < 1.29 is 22.6 Å². The van der Waals surface area contributed by atoms with E-state index in [2.05, 4.69) is 21.0 Å². The van der Waals surface area contributed by atoms with Gasteiger partial charge >= 0.3 is 0 Å². The van der Waals surface area contributed by atoms with E-state index in [1.165, 1.54) is 63.7 Å². The molecule has 1 rings (SSSR count). The van der Waals surface area contributed by atoms with Gasteiger partial charge in [0.25, 0.3) is 0 Å². The first-order valence-corrected chi connectivity index (χ1v) is 11.5. The Morgan fingerprint density at radius 1 is 0.889 bits per heavy atom. The molecule has 0 amide bonds. The Morgan fingerprint density at radius 3 is 1.85 bits per heavy atom. The zero-order chi connectivity index (χ0) is 20.8. The van der Waals surface area contributed by atoms with Gasteiger partial charge in [-0.25, -0.2) is 8.42 Å². The SMILES string of the molecule is CCCCCCCC[N+](C)(C)CCCCO.Cc1ccc(S(=O)(=O)[O-])cc1. The fourth-order valence-corrected chi connectivity index (χ4v) is 3.26. The Balaban J connectivity index is 0.000000533. The molecule has 5 nitrogen and oxygen atoms in total. The number of hydrogen-bond acceptors (Lipinski definition) is 4. The van der Waals surface area contributed by atoms with Crippen molar-refractivity contribution in [2.75, 3.05) is 33.8 Å². The second-order valence-corrected chi connectivity index (χ2v) is 9.23. The Hall–Kier alpha value is -0.950. The summed E-state index contributed by atoms with van der Waals surface area (Å²) in [5.41, 5.74) is 0.928. The van der Waals surface area contributed by atoms with Gasteiger partial charge in [0.1, 0.15) is 10.1 Å². The van der Waals surface area contributed by atoms with Crippen molar-refractivity contribution in [3.8, 4) is 0 Å². The maximum Gasteiger partial charge on any atom is 0.124 e. The highest BCUT2D eigenvalue weighted by Gasteiger charge is 2.13. The van der Waals surface area contributed by atoms with Crippen LogP contribution in [0.3, 0.4) is 0 Å². The number of benzene rings is 1. The predicted molar refractivity (Wildman–Crippen MR) is 111 cm³/mol. The average Bonchev–Trinajstić information content (AvgIpc) is 2.58. The number of hydrogen-bond donors (Lipinski definition) is 1. The van der Waals surface area contributed by atoms with Crippen LogP contribution in [0.4, 0.5) is 0 Å². The zero-order valence-electron chi connectivity index (χ0n) is 17.6. The van der Waals surface area contributed by atoms with Gasteiger partial charge in [0.2, 0.25) is 0 Å². The Morgan fingerprint density at radius 2 is 1.37 bits per heavy atom. The molecule has 27 heavy (non-hydrogen) atoms. The van der Waals surface area contributed by atoms with Crippen molar-refractivity contribution >= 4 is 10.1 Å². The molecule has 0 aromatic heterocycles. The summed E-state index contributed by atoms with van der Waals surface area (Å²) in [7, 11) is 0.348. The molecule has 0 heterocycles. The van der Waals surface area contributed by atoms with Gasteiger partial charge in [-0.3, -0.25) is 0 Å². The summed E-state index contributed by atoms with van der Waals surface area (Å²) >= 11 is 0. The normalized spacial score (nSPS) is 11.8. The lowest BCUT2D eigenvalue weighted by Crippen LogP contribution is -2.41. The molecule has 1 aromatic rings. The third-order valence-electron chi connectivity index (χ3n) is 4.60. The van der Waals surface area contributed by atoms with E-state index in [9.17, 15) is 13.0 Å². The van der Waals surface area contributed by atoms with E-state index in [-0.39, 0.29) is 4.90 Å². The zero-order valence-corrected chi connectivity index (χ0v) is 18.4. The minimum Gasteiger partial charge on any atom is -0.744 e. The fraction of sp³-hybridized carbons (Fsp3) is 0.714. The lowest BCUT2D eigenvalue weighted by molar-refractivity contribution is -0.890. The van der Waals surface area contributed by atoms with E-state index in [0.29, 0.717) is 6.61 Å². The van der Waals surface area contributed by atoms with Gasteiger partial charge in [-0.2, -0.15) is 0 Å². The Kier molecular flexibility index (Phi) is 13.6. The molecule has 1 N–H and O–H groups in total. The summed E-state index contributed by atoms with van der Waals surface area (Å²) in [5.74, 6) is 0. The monoisotopic (exact) mass is 401 g/mol. The number of aliphatic hydroxyl groups excluding tert-OH is 1. The number of nitrogens with zero attached hydrogens (tertiary/aromatic N) is 1. The first-order valence-electron chi connectivity index (χ1n) is 10.1. The highest BCUT2D eigenvalue weighted by atomic mass is 32.2. The average molecular weight is 402 g/mol. The Bertz CT molecular complexity index is 583. The maximum atomic E-state index is 10.4. The molecule has 0 unspecified atom stereocenters. The van der Waals surface area contributed by atoms with Gasteiger partial charge in [-0.15, -0.1) is 0 Å². The molecular formula is C21H39NO4S. The van der Waals surface area contributed by atoms with E-state index < -0.39 is 10.1 Å². The van der Waals surface area contributed by atoms with E-state index in [1.54, 1.807) is 12.1 Å². The number of unbranched alkanes of at least 4 members (excludes halogenated alkanes) is 6. The molecule has 0 atom stereocenters. The van der Waals surface area contributed by atoms with Crippen LogP contribution in [0.2, 0.25) is 0 Å². The van der Waals surface area contributed by atoms with Gasteiger partial charge in [0.05, 0.1) is 32.1 Å². The molecule has 158 valence electrons. The van der Waals surface area contributed by atoms with Crippen molar-refractivity contribution in [2.45, 2.75) is 70.1 Å². The standard InChI is InChI=1S/C14H32NO.C7H8O3S/c1-4-5-6-7-8-9-12-15(2,3)13-10-11-14-16;1-6-2-4-7(5-3-6)11(8,9)10/h16H,4-14H2,1-3H3;2-5H,1H3,(H,8,9,10)/q+1;/p-1. The van der Waals surface area contributed by atoms with Gasteiger partial charge in [0, 0.05) is 6.61 Å². The van der Waals surface area contributed by atoms with Crippen LogP contribution in [0.5, 0.6) is 0 Å². The quantitative estimate of drug-likeness (QED) is 0.325. The number of aliphatic hydroxyl groups is 1. The van der Waals surface area contributed by atoms with Crippen LogP contribution in [0.1, 0.15) is 63.9 Å². The molecule has 1 aromatic carbocycles. The van der Waals surface area contributed by atoms with Crippen molar-refractivity contribution in [1.29, 1.82) is 0 Å². The van der Waals surface area contributed by atoms with Crippen molar-refractivity contribution in [3.63, 3.8) is 0 Å². The summed E-state index contributed by atoms with van der Waals surface area (Å²) in [6, 6.07) is 5.78. The maximum absolute atomic E-state index is 10.4. The predicted octanol–water partition coefficient (Wildman–Crippen LogP) is 4.09. The fourth-order valence-electron chi connectivity index (χ4n) is 2.79. The summed E-state index contributed by atoms with van der Waals surface area (Å²) in [4.78, 5) is -0.178. The van der Waals surface area contributed by atoms with Gasteiger partial charge < -0.3 is 14.1 Å². The minimum absolute atomic E-state index is 0.178. The summed E-state index contributed by atoms with van der Waals surface area (Å²) < 4.78 is 32.3. The van der Waals surface area contributed by atoms with Gasteiger partial charge in [-0.05, 0) is 44.7 Å². The van der Waals surface area contributed by atoms with Crippen LogP contribution in [0.25, 0.3) is 0 Å². The molecule has 0 spiro atoms.